The molecule has 1 aromatic carbocycles. The number of carbonyl (C=O) groups excluding carboxylic acids is 2. The van der Waals surface area contributed by atoms with Crippen LogP contribution in [-0.4, -0.2) is 95.1 Å². The highest BCUT2D eigenvalue weighted by Crippen LogP contribution is 2.25. The summed E-state index contributed by atoms with van der Waals surface area (Å²) >= 11 is 0. The Labute approximate surface area is 227 Å². The van der Waals surface area contributed by atoms with E-state index in [9.17, 15) is 22.8 Å². The van der Waals surface area contributed by atoms with E-state index in [0.717, 1.165) is 23.8 Å². The van der Waals surface area contributed by atoms with Crippen molar-refractivity contribution in [2.45, 2.75) is 31.7 Å². The zero-order valence-corrected chi connectivity index (χ0v) is 23.2. The number of amides is 2. The van der Waals surface area contributed by atoms with E-state index in [4.69, 9.17) is 18.9 Å². The molecule has 1 aliphatic rings. The molecule has 2 amide bonds. The van der Waals surface area contributed by atoms with E-state index in [2.05, 4.69) is 9.50 Å². The van der Waals surface area contributed by atoms with Crippen molar-refractivity contribution < 1.29 is 41.1 Å². The number of aromatic nitrogens is 2. The van der Waals surface area contributed by atoms with Gasteiger partial charge in [0.2, 0.25) is 11.8 Å². The molecule has 0 spiro atoms. The quantitative estimate of drug-likeness (QED) is 0.150. The van der Waals surface area contributed by atoms with E-state index < -0.39 is 22.1 Å². The molecule has 0 saturated carbocycles. The number of benzene rings is 1. The average molecular weight is 572 g/mol. The lowest BCUT2D eigenvalue weighted by Gasteiger charge is -2.21. The van der Waals surface area contributed by atoms with E-state index in [1.807, 2.05) is 18.2 Å². The maximum atomic E-state index is 13.0. The second kappa shape index (κ2) is 15.2. The Morgan fingerprint density at radius 1 is 0.897 bits per heavy atom. The minimum absolute atomic E-state index is 0.0185. The predicted octanol–water partition coefficient (Wildman–Crippen LogP) is 0.293. The highest BCUT2D eigenvalue weighted by atomic mass is 32.2. The molecule has 1 fully saturated rings. The van der Waals surface area contributed by atoms with Gasteiger partial charge < -0.3 is 18.9 Å². The molecule has 39 heavy (non-hydrogen) atoms. The fourth-order valence-electron chi connectivity index (χ4n) is 4.32. The normalized spacial score (nSPS) is 16.2. The third-order valence-electron chi connectivity index (χ3n) is 6.08. The van der Waals surface area contributed by atoms with Crippen molar-refractivity contribution in [2.24, 2.45) is 7.05 Å². The van der Waals surface area contributed by atoms with Gasteiger partial charge in [-0.05, 0) is 30.9 Å². The summed E-state index contributed by atoms with van der Waals surface area (Å²) in [7, 11) is -1.75. The first-order valence-corrected chi connectivity index (χ1v) is 14.7. The number of para-hydroxylation sites is 1. The molecule has 0 aliphatic carbocycles. The third-order valence-corrected chi connectivity index (χ3v) is 6.68. The van der Waals surface area contributed by atoms with E-state index in [1.54, 1.807) is 11.6 Å². The van der Waals surface area contributed by atoms with Gasteiger partial charge in [0.15, 0.2) is 0 Å². The molecule has 1 atom stereocenters. The van der Waals surface area contributed by atoms with E-state index in [0.29, 0.717) is 64.6 Å². The second-order valence-electron chi connectivity index (χ2n) is 9.04. The van der Waals surface area contributed by atoms with E-state index in [1.165, 1.54) is 4.57 Å². The number of imidazole rings is 1. The molecule has 3 rings (SSSR count). The fraction of sp³-hybridized carbons (Fsp3) is 0.640. The highest BCUT2D eigenvalue weighted by molar-refractivity contribution is 7.85. The van der Waals surface area contributed by atoms with Crippen molar-refractivity contribution in [3.05, 3.63) is 34.2 Å². The molecule has 13 nitrogen and oxygen atoms in total. The molecule has 2 heterocycles. The van der Waals surface area contributed by atoms with Crippen LogP contribution in [0.1, 0.15) is 30.9 Å². The second-order valence-corrected chi connectivity index (χ2v) is 10.7. The zero-order chi connectivity index (χ0) is 28.3. The topological polar surface area (TPSA) is 153 Å². The number of nitrogens with one attached hydrogen (secondary N) is 1. The third kappa shape index (κ3) is 9.51. The molecular weight excluding hydrogens is 534 g/mol. The Kier molecular flexibility index (Phi) is 12.1. The van der Waals surface area contributed by atoms with Gasteiger partial charge in [-0.1, -0.05) is 12.1 Å². The van der Waals surface area contributed by atoms with Crippen LogP contribution in [0.15, 0.2) is 23.0 Å². The zero-order valence-electron chi connectivity index (χ0n) is 22.4. The number of imide groups is 1. The minimum atomic E-state index is -3.44. The lowest BCUT2D eigenvalue weighted by Crippen LogP contribution is -2.44. The smallest absolute Gasteiger partial charge is 0.329 e. The average Bonchev–Trinajstić information content (AvgIpc) is 3.13. The van der Waals surface area contributed by atoms with Crippen LogP contribution in [0.4, 0.5) is 0 Å². The van der Waals surface area contributed by atoms with Crippen LogP contribution in [0.3, 0.4) is 0 Å². The van der Waals surface area contributed by atoms with Crippen LogP contribution in [-0.2, 0) is 56.3 Å². The largest absolute Gasteiger partial charge is 0.379 e. The summed E-state index contributed by atoms with van der Waals surface area (Å²) in [5, 5.41) is 2.33. The van der Waals surface area contributed by atoms with Gasteiger partial charge in [0.05, 0.1) is 70.1 Å². The molecule has 218 valence electrons. The van der Waals surface area contributed by atoms with Crippen molar-refractivity contribution in [2.75, 3.05) is 65.7 Å². The summed E-state index contributed by atoms with van der Waals surface area (Å²) in [5.41, 5.74) is 2.17. The first kappa shape index (κ1) is 30.9. The maximum absolute atomic E-state index is 13.0. The summed E-state index contributed by atoms with van der Waals surface area (Å²) in [6, 6.07) is 4.96. The summed E-state index contributed by atoms with van der Waals surface area (Å²) < 4.78 is 50.9. The number of fused-ring (bicyclic) bond motifs is 1. The van der Waals surface area contributed by atoms with Crippen LogP contribution in [0.5, 0.6) is 0 Å². The van der Waals surface area contributed by atoms with Crippen LogP contribution >= 0.6 is 0 Å². The lowest BCUT2D eigenvalue weighted by atomic mass is 10.0. The van der Waals surface area contributed by atoms with Gasteiger partial charge in [-0.25, -0.2) is 4.79 Å². The Bertz CT molecular complexity index is 1270. The minimum Gasteiger partial charge on any atom is -0.379 e. The molecule has 2 aromatic rings. The van der Waals surface area contributed by atoms with Crippen molar-refractivity contribution >= 4 is 33.0 Å². The number of piperidine rings is 1. The number of aryl methyl sites for hydroxylation is 2. The summed E-state index contributed by atoms with van der Waals surface area (Å²) in [6.45, 7) is 3.08. The highest BCUT2D eigenvalue weighted by Gasteiger charge is 2.31. The number of rotatable bonds is 18. The number of hydrogen-bond donors (Lipinski definition) is 1. The SMILES string of the molecule is Cn1c(=O)n(C2CCC(=O)NC2=O)c2cccc(CCCOCCOCCOCCOCCOS(C)(=O)=O)c21. The Hall–Kier alpha value is -2.62. The van der Waals surface area contributed by atoms with Crippen LogP contribution < -0.4 is 11.0 Å². The van der Waals surface area contributed by atoms with Crippen molar-refractivity contribution in [1.29, 1.82) is 0 Å². The first-order chi connectivity index (χ1) is 18.7. The Morgan fingerprint density at radius 2 is 1.49 bits per heavy atom. The molecule has 1 aromatic heterocycles. The summed E-state index contributed by atoms with van der Waals surface area (Å²) in [6.07, 6.45) is 2.93. The predicted molar refractivity (Wildman–Crippen MR) is 141 cm³/mol. The number of nitrogens with zero attached hydrogens (tertiary/aromatic N) is 2. The van der Waals surface area contributed by atoms with E-state index >= 15 is 0 Å². The summed E-state index contributed by atoms with van der Waals surface area (Å²) in [4.78, 5) is 36.9. The van der Waals surface area contributed by atoms with Crippen LogP contribution in [0.2, 0.25) is 0 Å². The summed E-state index contributed by atoms with van der Waals surface area (Å²) in [5.74, 6) is -0.764. The van der Waals surface area contributed by atoms with Gasteiger partial charge in [-0.15, -0.1) is 0 Å². The molecular formula is C25H37N3O10S. The standard InChI is InChI=1S/C25H37N3O10S/c1-27-23-19(5-3-7-20(23)28(25(27)31)21-8-9-22(29)26-24(21)30)6-4-10-34-11-12-35-13-14-36-15-16-37-17-18-38-39(2,32)33/h3,5,7,21H,4,6,8-18H2,1-2H3,(H,26,29,30). The molecule has 1 unspecified atom stereocenters. The molecule has 0 radical (unpaired) electrons. The first-order valence-electron chi connectivity index (χ1n) is 12.9. The molecule has 0 bridgehead atoms. The monoisotopic (exact) mass is 571 g/mol. The van der Waals surface area contributed by atoms with Crippen LogP contribution in [0.25, 0.3) is 11.0 Å². The lowest BCUT2D eigenvalue weighted by molar-refractivity contribution is -0.135. The van der Waals surface area contributed by atoms with Crippen LogP contribution in [0, 0.1) is 0 Å². The van der Waals surface area contributed by atoms with E-state index in [-0.39, 0.29) is 31.2 Å². The van der Waals surface area contributed by atoms with Gasteiger partial charge in [0, 0.05) is 20.1 Å². The van der Waals surface area contributed by atoms with Gasteiger partial charge in [-0.2, -0.15) is 8.42 Å². The number of ether oxygens (including phenoxy) is 4. The number of hydrogen-bond acceptors (Lipinski definition) is 10. The van der Waals surface area contributed by atoms with Crippen molar-refractivity contribution in [1.82, 2.24) is 14.5 Å². The van der Waals surface area contributed by atoms with Gasteiger partial charge in [-0.3, -0.25) is 28.2 Å². The maximum Gasteiger partial charge on any atom is 0.329 e. The van der Waals surface area contributed by atoms with Gasteiger partial charge >= 0.3 is 5.69 Å². The van der Waals surface area contributed by atoms with Crippen molar-refractivity contribution in [3.8, 4) is 0 Å². The van der Waals surface area contributed by atoms with Gasteiger partial charge in [0.25, 0.3) is 10.1 Å². The molecule has 1 aliphatic heterocycles. The number of carbonyl (C=O) groups is 2. The van der Waals surface area contributed by atoms with Crippen molar-refractivity contribution in [3.63, 3.8) is 0 Å². The van der Waals surface area contributed by atoms with Gasteiger partial charge in [0.1, 0.15) is 6.04 Å². The Morgan fingerprint density at radius 3 is 2.08 bits per heavy atom. The fourth-order valence-corrected chi connectivity index (χ4v) is 4.69. The Balaban J connectivity index is 1.30. The molecule has 14 heteroatoms. The molecule has 1 saturated heterocycles. The molecule has 1 N–H and O–H groups in total.